The summed E-state index contributed by atoms with van der Waals surface area (Å²) in [4.78, 5) is 12.8. The number of carbonyl (C=O) groups excluding carboxylic acids is 1. The monoisotopic (exact) mass is 381 g/mol. The van der Waals surface area contributed by atoms with E-state index in [1.165, 1.54) is 42.5 Å². The molecule has 0 fully saturated rings. The third-order valence-corrected chi connectivity index (χ3v) is 5.50. The number of rotatable bonds is 5. The Kier molecular flexibility index (Phi) is 5.47. The lowest BCUT2D eigenvalue weighted by Gasteiger charge is -2.21. The van der Waals surface area contributed by atoms with Crippen LogP contribution in [0.15, 0.2) is 95.9 Å². The highest BCUT2D eigenvalue weighted by Gasteiger charge is 2.29. The third kappa shape index (κ3) is 4.30. The minimum atomic E-state index is -4.09. The van der Waals surface area contributed by atoms with Crippen LogP contribution in [0.4, 0.5) is 10.1 Å². The number of anilines is 1. The molecule has 136 valence electrons. The Hall–Kier alpha value is -3.25. The summed E-state index contributed by atoms with van der Waals surface area (Å²) >= 11 is 0. The Balaban J connectivity index is 2.00. The molecule has 3 aromatic carbocycles. The number of benzene rings is 3. The van der Waals surface area contributed by atoms with Gasteiger partial charge in [-0.1, -0.05) is 48.5 Å². The molecule has 6 heteroatoms. The van der Waals surface area contributed by atoms with Gasteiger partial charge in [-0.15, -0.1) is 0 Å². The summed E-state index contributed by atoms with van der Waals surface area (Å²) < 4.78 is 39.9. The first-order chi connectivity index (χ1) is 13.0. The average molecular weight is 381 g/mol. The van der Waals surface area contributed by atoms with E-state index in [1.54, 1.807) is 48.5 Å². The maximum absolute atomic E-state index is 13.1. The van der Waals surface area contributed by atoms with Crippen molar-refractivity contribution in [1.29, 1.82) is 0 Å². The summed E-state index contributed by atoms with van der Waals surface area (Å²) in [5, 5.41) is 0. The molecule has 0 unspecified atom stereocenters. The number of hydrogen-bond acceptors (Lipinski definition) is 3. The molecular formula is C21H16FNO3S. The first-order valence-corrected chi connectivity index (χ1v) is 9.55. The number of hydrogen-bond donors (Lipinski definition) is 0. The summed E-state index contributed by atoms with van der Waals surface area (Å²) in [7, 11) is -4.09. The normalized spacial score (nSPS) is 11.4. The zero-order chi connectivity index (χ0) is 19.3. The van der Waals surface area contributed by atoms with Gasteiger partial charge in [0.1, 0.15) is 5.82 Å². The molecule has 0 saturated carbocycles. The summed E-state index contributed by atoms with van der Waals surface area (Å²) in [5.41, 5.74) is 0.810. The molecule has 0 bridgehead atoms. The molecule has 0 aliphatic heterocycles. The van der Waals surface area contributed by atoms with Crippen LogP contribution in [0.2, 0.25) is 0 Å². The van der Waals surface area contributed by atoms with Gasteiger partial charge in [-0.2, -0.15) is 4.31 Å². The summed E-state index contributed by atoms with van der Waals surface area (Å²) in [5.74, 6) is -1.12. The molecule has 3 aromatic rings. The standard InChI is InChI=1S/C21H16FNO3S/c22-18-14-11-17(12-15-18)13-16-21(24)23(19-7-3-1-4-8-19)27(25,26)20-9-5-2-6-10-20/h1-16H/b16-13+. The lowest BCUT2D eigenvalue weighted by Crippen LogP contribution is -2.35. The van der Waals surface area contributed by atoms with Crippen molar-refractivity contribution in [2.45, 2.75) is 4.90 Å². The van der Waals surface area contributed by atoms with Crippen molar-refractivity contribution in [2.75, 3.05) is 4.31 Å². The fourth-order valence-electron chi connectivity index (χ4n) is 2.45. The van der Waals surface area contributed by atoms with E-state index in [1.807, 2.05) is 0 Å². The number of amides is 1. The molecule has 0 radical (unpaired) electrons. The van der Waals surface area contributed by atoms with Crippen LogP contribution in [0.3, 0.4) is 0 Å². The Morgan fingerprint density at radius 3 is 1.96 bits per heavy atom. The predicted molar refractivity (Wildman–Crippen MR) is 103 cm³/mol. The van der Waals surface area contributed by atoms with E-state index < -0.39 is 21.7 Å². The van der Waals surface area contributed by atoms with Crippen molar-refractivity contribution < 1.29 is 17.6 Å². The van der Waals surface area contributed by atoms with Gasteiger partial charge in [0.2, 0.25) is 0 Å². The maximum atomic E-state index is 13.1. The largest absolute Gasteiger partial charge is 0.271 e. The van der Waals surface area contributed by atoms with Crippen molar-refractivity contribution in [1.82, 2.24) is 0 Å². The van der Waals surface area contributed by atoms with Crippen LogP contribution in [0.5, 0.6) is 0 Å². The number of halogens is 1. The molecule has 1 amide bonds. The Morgan fingerprint density at radius 2 is 1.37 bits per heavy atom. The molecule has 0 aromatic heterocycles. The molecule has 0 atom stereocenters. The smallest absolute Gasteiger partial charge is 0.268 e. The molecular weight excluding hydrogens is 365 g/mol. The van der Waals surface area contributed by atoms with Gasteiger partial charge in [-0.3, -0.25) is 4.79 Å². The van der Waals surface area contributed by atoms with Gasteiger partial charge in [-0.05, 0) is 48.0 Å². The van der Waals surface area contributed by atoms with Crippen LogP contribution in [0.25, 0.3) is 6.08 Å². The lowest BCUT2D eigenvalue weighted by atomic mass is 10.2. The molecule has 0 spiro atoms. The molecule has 0 saturated heterocycles. The maximum Gasteiger partial charge on any atom is 0.271 e. The number of nitrogens with zero attached hydrogens (tertiary/aromatic N) is 1. The fourth-order valence-corrected chi connectivity index (χ4v) is 3.86. The SMILES string of the molecule is O=C(/C=C/c1ccc(F)cc1)N(c1ccccc1)S(=O)(=O)c1ccccc1. The number of carbonyl (C=O) groups is 1. The minimum Gasteiger partial charge on any atom is -0.268 e. The van der Waals surface area contributed by atoms with Gasteiger partial charge >= 0.3 is 0 Å². The zero-order valence-electron chi connectivity index (χ0n) is 14.2. The minimum absolute atomic E-state index is 0.0115. The second-order valence-electron chi connectivity index (χ2n) is 5.64. The summed E-state index contributed by atoms with van der Waals surface area (Å²) in [6, 6.07) is 21.4. The topological polar surface area (TPSA) is 54.5 Å². The van der Waals surface area contributed by atoms with E-state index in [0.717, 1.165) is 10.4 Å². The predicted octanol–water partition coefficient (Wildman–Crippen LogP) is 4.26. The van der Waals surface area contributed by atoms with E-state index in [2.05, 4.69) is 0 Å². The molecule has 0 aliphatic carbocycles. The second-order valence-corrected chi connectivity index (χ2v) is 7.43. The third-order valence-electron chi connectivity index (χ3n) is 3.76. The van der Waals surface area contributed by atoms with Gasteiger partial charge in [0.25, 0.3) is 15.9 Å². The van der Waals surface area contributed by atoms with Gasteiger partial charge in [-0.25, -0.2) is 12.8 Å². The Bertz CT molecular complexity index is 1050. The molecule has 0 heterocycles. The zero-order valence-corrected chi connectivity index (χ0v) is 15.0. The van der Waals surface area contributed by atoms with Crippen LogP contribution in [-0.4, -0.2) is 14.3 Å². The molecule has 0 N–H and O–H groups in total. The van der Waals surface area contributed by atoms with Crippen LogP contribution in [-0.2, 0) is 14.8 Å². The van der Waals surface area contributed by atoms with Crippen molar-refractivity contribution in [2.24, 2.45) is 0 Å². The van der Waals surface area contributed by atoms with Crippen LogP contribution in [0.1, 0.15) is 5.56 Å². The van der Waals surface area contributed by atoms with Gasteiger partial charge in [0, 0.05) is 6.08 Å². The van der Waals surface area contributed by atoms with E-state index in [9.17, 15) is 17.6 Å². The Labute approximate surface area is 157 Å². The highest BCUT2D eigenvalue weighted by atomic mass is 32.2. The lowest BCUT2D eigenvalue weighted by molar-refractivity contribution is -0.113. The van der Waals surface area contributed by atoms with Crippen LogP contribution >= 0.6 is 0 Å². The van der Waals surface area contributed by atoms with Gasteiger partial charge in [0.15, 0.2) is 0 Å². The summed E-state index contributed by atoms with van der Waals surface area (Å²) in [6.07, 6.45) is 2.60. The van der Waals surface area contributed by atoms with Crippen LogP contribution < -0.4 is 4.31 Å². The first-order valence-electron chi connectivity index (χ1n) is 8.11. The summed E-state index contributed by atoms with van der Waals surface area (Å²) in [6.45, 7) is 0. The molecule has 27 heavy (non-hydrogen) atoms. The van der Waals surface area contributed by atoms with E-state index in [-0.39, 0.29) is 10.6 Å². The van der Waals surface area contributed by atoms with E-state index in [4.69, 9.17) is 0 Å². The van der Waals surface area contributed by atoms with Gasteiger partial charge in [0.05, 0.1) is 10.6 Å². The van der Waals surface area contributed by atoms with Gasteiger partial charge < -0.3 is 0 Å². The van der Waals surface area contributed by atoms with Crippen molar-refractivity contribution in [3.05, 3.63) is 102 Å². The van der Waals surface area contributed by atoms with Crippen molar-refractivity contribution in [3.8, 4) is 0 Å². The quantitative estimate of drug-likeness (QED) is 0.621. The number of para-hydroxylation sites is 1. The van der Waals surface area contributed by atoms with Crippen molar-refractivity contribution in [3.63, 3.8) is 0 Å². The highest BCUT2D eigenvalue weighted by Crippen LogP contribution is 2.24. The van der Waals surface area contributed by atoms with Crippen LogP contribution in [0, 0.1) is 5.82 Å². The second kappa shape index (κ2) is 7.97. The highest BCUT2D eigenvalue weighted by molar-refractivity contribution is 7.93. The van der Waals surface area contributed by atoms with Crippen molar-refractivity contribution >= 4 is 27.7 Å². The Morgan fingerprint density at radius 1 is 0.815 bits per heavy atom. The van der Waals surface area contributed by atoms with E-state index >= 15 is 0 Å². The average Bonchev–Trinajstić information content (AvgIpc) is 2.69. The molecule has 3 rings (SSSR count). The molecule has 4 nitrogen and oxygen atoms in total. The first kappa shape index (κ1) is 18.5. The number of sulfonamides is 1. The molecule has 0 aliphatic rings. The van der Waals surface area contributed by atoms with E-state index in [0.29, 0.717) is 5.56 Å². The fraction of sp³-hybridized carbons (Fsp3) is 0.